The number of carbonyl (C=O) groups is 1. The normalized spacial score (nSPS) is 10.8. The third kappa shape index (κ3) is 5.07. The maximum atomic E-state index is 12.3. The first kappa shape index (κ1) is 22.6. The van der Waals surface area contributed by atoms with Crippen molar-refractivity contribution in [1.29, 1.82) is 0 Å². The van der Waals surface area contributed by atoms with Crippen LogP contribution in [0.1, 0.15) is 5.56 Å². The lowest BCUT2D eigenvalue weighted by molar-refractivity contribution is -0.111. The number of hydrogen-bond donors (Lipinski definition) is 2. The van der Waals surface area contributed by atoms with Gasteiger partial charge in [-0.1, -0.05) is 24.3 Å². The third-order valence-electron chi connectivity index (χ3n) is 5.11. The minimum Gasteiger partial charge on any atom is -0.495 e. The number of nitrogens with one attached hydrogen (secondary N) is 2. The van der Waals surface area contributed by atoms with Crippen LogP contribution in [0.3, 0.4) is 0 Å². The number of carbonyl (C=O) groups excluding carboxylic acids is 1. The number of aromatic nitrogens is 2. The molecule has 0 spiro atoms. The molecular formula is C26H24N4O4. The van der Waals surface area contributed by atoms with Gasteiger partial charge in [0.05, 0.1) is 32.5 Å². The van der Waals surface area contributed by atoms with Crippen LogP contribution >= 0.6 is 0 Å². The van der Waals surface area contributed by atoms with Gasteiger partial charge in [0, 0.05) is 23.2 Å². The molecule has 0 aliphatic carbocycles. The minimum absolute atomic E-state index is 0.247. The van der Waals surface area contributed by atoms with Crippen LogP contribution in [0, 0.1) is 0 Å². The quantitative estimate of drug-likeness (QED) is 0.358. The zero-order valence-corrected chi connectivity index (χ0v) is 19.0. The Bertz CT molecular complexity index is 1340. The predicted octanol–water partition coefficient (Wildman–Crippen LogP) is 5.05. The molecule has 0 radical (unpaired) electrons. The molecule has 0 saturated carbocycles. The number of para-hydroxylation sites is 2. The third-order valence-corrected chi connectivity index (χ3v) is 5.11. The molecule has 0 atom stereocenters. The van der Waals surface area contributed by atoms with Gasteiger partial charge in [-0.05, 0) is 42.0 Å². The fourth-order valence-electron chi connectivity index (χ4n) is 3.39. The van der Waals surface area contributed by atoms with Gasteiger partial charge in [-0.25, -0.2) is 9.97 Å². The number of rotatable bonds is 8. The van der Waals surface area contributed by atoms with Crippen molar-refractivity contribution in [2.75, 3.05) is 32.0 Å². The zero-order valence-electron chi connectivity index (χ0n) is 19.0. The molecule has 8 heteroatoms. The van der Waals surface area contributed by atoms with Gasteiger partial charge < -0.3 is 24.8 Å². The molecule has 8 nitrogen and oxygen atoms in total. The second-order valence-corrected chi connectivity index (χ2v) is 7.22. The summed E-state index contributed by atoms with van der Waals surface area (Å²) in [5.41, 5.74) is 3.06. The van der Waals surface area contributed by atoms with Crippen molar-refractivity contribution in [1.82, 2.24) is 9.97 Å². The summed E-state index contributed by atoms with van der Waals surface area (Å²) in [6.45, 7) is 0. The largest absolute Gasteiger partial charge is 0.495 e. The first-order valence-corrected chi connectivity index (χ1v) is 10.5. The van der Waals surface area contributed by atoms with Crippen LogP contribution in [0.25, 0.3) is 17.0 Å². The van der Waals surface area contributed by atoms with Crippen LogP contribution in [-0.4, -0.2) is 37.2 Å². The van der Waals surface area contributed by atoms with Gasteiger partial charge in [0.1, 0.15) is 17.9 Å². The molecule has 1 aromatic heterocycles. The van der Waals surface area contributed by atoms with Gasteiger partial charge in [0.25, 0.3) is 0 Å². The molecule has 0 aliphatic rings. The molecule has 4 rings (SSSR count). The van der Waals surface area contributed by atoms with Crippen molar-refractivity contribution in [2.45, 2.75) is 0 Å². The highest BCUT2D eigenvalue weighted by atomic mass is 16.5. The van der Waals surface area contributed by atoms with Gasteiger partial charge >= 0.3 is 0 Å². The number of anilines is 3. The van der Waals surface area contributed by atoms with E-state index in [9.17, 15) is 4.79 Å². The van der Waals surface area contributed by atoms with Crippen molar-refractivity contribution in [3.05, 3.63) is 78.6 Å². The summed E-state index contributed by atoms with van der Waals surface area (Å²) >= 11 is 0. The van der Waals surface area contributed by atoms with E-state index in [1.54, 1.807) is 39.5 Å². The van der Waals surface area contributed by atoms with Gasteiger partial charge in [-0.15, -0.1) is 0 Å². The van der Waals surface area contributed by atoms with E-state index < -0.39 is 0 Å². The average Bonchev–Trinajstić information content (AvgIpc) is 2.88. The van der Waals surface area contributed by atoms with Crippen LogP contribution < -0.4 is 24.8 Å². The van der Waals surface area contributed by atoms with Crippen LogP contribution in [0.15, 0.2) is 73.1 Å². The molecule has 2 N–H and O–H groups in total. The fourth-order valence-corrected chi connectivity index (χ4v) is 3.39. The topological polar surface area (TPSA) is 94.6 Å². The molecule has 0 bridgehead atoms. The molecule has 1 amide bonds. The summed E-state index contributed by atoms with van der Waals surface area (Å²) in [4.78, 5) is 21.0. The molecule has 172 valence electrons. The van der Waals surface area contributed by atoms with Gasteiger partial charge in [0.2, 0.25) is 5.91 Å². The monoisotopic (exact) mass is 456 g/mol. The molecule has 0 aliphatic heterocycles. The van der Waals surface area contributed by atoms with Crippen LogP contribution in [-0.2, 0) is 4.79 Å². The van der Waals surface area contributed by atoms with Crippen molar-refractivity contribution < 1.29 is 19.0 Å². The highest BCUT2D eigenvalue weighted by Crippen LogP contribution is 2.34. The van der Waals surface area contributed by atoms with E-state index in [2.05, 4.69) is 20.6 Å². The molecule has 3 aromatic carbocycles. The lowest BCUT2D eigenvalue weighted by Gasteiger charge is -2.12. The summed E-state index contributed by atoms with van der Waals surface area (Å²) in [5.74, 6) is 2.20. The highest BCUT2D eigenvalue weighted by Gasteiger charge is 2.11. The maximum Gasteiger partial charge on any atom is 0.248 e. The maximum absolute atomic E-state index is 12.3. The number of benzene rings is 3. The summed E-state index contributed by atoms with van der Waals surface area (Å²) in [6.07, 6.45) is 4.71. The van der Waals surface area contributed by atoms with E-state index in [1.807, 2.05) is 48.5 Å². The van der Waals surface area contributed by atoms with Gasteiger partial charge in [-0.3, -0.25) is 4.79 Å². The van der Waals surface area contributed by atoms with E-state index in [1.165, 1.54) is 12.4 Å². The average molecular weight is 457 g/mol. The van der Waals surface area contributed by atoms with E-state index in [0.29, 0.717) is 28.8 Å². The Morgan fingerprint density at radius 3 is 2.29 bits per heavy atom. The van der Waals surface area contributed by atoms with Gasteiger partial charge in [0.15, 0.2) is 11.5 Å². The first-order valence-electron chi connectivity index (χ1n) is 10.5. The highest BCUT2D eigenvalue weighted by molar-refractivity contribution is 6.02. The SMILES string of the molecule is COc1ccccc1NC(=O)C=Cc1ccc(Nc2ncnc3cc(OC)c(OC)cc23)cc1. The lowest BCUT2D eigenvalue weighted by atomic mass is 10.1. The number of nitrogens with zero attached hydrogens (tertiary/aromatic N) is 2. The van der Waals surface area contributed by atoms with Crippen LogP contribution in [0.5, 0.6) is 17.2 Å². The molecule has 4 aromatic rings. The molecule has 0 fully saturated rings. The second kappa shape index (κ2) is 10.4. The smallest absolute Gasteiger partial charge is 0.248 e. The molecule has 0 saturated heterocycles. The Hall–Kier alpha value is -4.59. The number of ether oxygens (including phenoxy) is 3. The Morgan fingerprint density at radius 1 is 0.853 bits per heavy atom. The van der Waals surface area contributed by atoms with Crippen molar-refractivity contribution in [3.63, 3.8) is 0 Å². The Morgan fingerprint density at radius 2 is 1.56 bits per heavy atom. The fraction of sp³-hybridized carbons (Fsp3) is 0.115. The molecule has 34 heavy (non-hydrogen) atoms. The Kier molecular flexibility index (Phi) is 6.88. The van der Waals surface area contributed by atoms with E-state index in [0.717, 1.165) is 22.2 Å². The summed E-state index contributed by atoms with van der Waals surface area (Å²) < 4.78 is 16.0. The summed E-state index contributed by atoms with van der Waals surface area (Å²) in [6, 6.07) is 18.5. The number of amides is 1. The second-order valence-electron chi connectivity index (χ2n) is 7.22. The van der Waals surface area contributed by atoms with Gasteiger partial charge in [-0.2, -0.15) is 0 Å². The van der Waals surface area contributed by atoms with Crippen molar-refractivity contribution >= 4 is 40.1 Å². The van der Waals surface area contributed by atoms with E-state index in [4.69, 9.17) is 14.2 Å². The number of fused-ring (bicyclic) bond motifs is 1. The minimum atomic E-state index is -0.247. The number of hydrogen-bond acceptors (Lipinski definition) is 7. The van der Waals surface area contributed by atoms with Crippen molar-refractivity contribution in [3.8, 4) is 17.2 Å². The number of methoxy groups -OCH3 is 3. The van der Waals surface area contributed by atoms with E-state index >= 15 is 0 Å². The van der Waals surface area contributed by atoms with Crippen molar-refractivity contribution in [2.24, 2.45) is 0 Å². The van der Waals surface area contributed by atoms with E-state index in [-0.39, 0.29) is 5.91 Å². The lowest BCUT2D eigenvalue weighted by Crippen LogP contribution is -2.08. The molecular weight excluding hydrogens is 432 g/mol. The summed E-state index contributed by atoms with van der Waals surface area (Å²) in [5, 5.41) is 6.93. The van der Waals surface area contributed by atoms with Crippen LogP contribution in [0.2, 0.25) is 0 Å². The zero-order chi connectivity index (χ0) is 23.9. The molecule has 1 heterocycles. The Labute approximate surface area is 197 Å². The molecule has 0 unspecified atom stereocenters. The first-order chi connectivity index (χ1) is 16.6. The summed E-state index contributed by atoms with van der Waals surface area (Å²) in [7, 11) is 4.74. The van der Waals surface area contributed by atoms with Crippen LogP contribution in [0.4, 0.5) is 17.2 Å². The predicted molar refractivity (Wildman–Crippen MR) is 133 cm³/mol. The Balaban J connectivity index is 1.47. The standard InChI is InChI=1S/C26H24N4O4/c1-32-22-7-5-4-6-20(22)30-25(31)13-10-17-8-11-18(12-9-17)29-26-19-14-23(33-2)24(34-3)15-21(19)27-16-28-26/h4-16H,1-3H3,(H,30,31)(H,27,28,29).